The van der Waals surface area contributed by atoms with E-state index in [4.69, 9.17) is 4.74 Å². The van der Waals surface area contributed by atoms with Crippen LogP contribution in [0.1, 0.15) is 16.7 Å². The van der Waals surface area contributed by atoms with Crippen LogP contribution in [0.25, 0.3) is 6.08 Å². The van der Waals surface area contributed by atoms with E-state index in [1.54, 1.807) is 36.4 Å². The smallest absolute Gasteiger partial charge is 0.329 e. The van der Waals surface area contributed by atoms with Crippen molar-refractivity contribution in [1.29, 1.82) is 0 Å². The Bertz CT molecular complexity index is 1370. The molecule has 0 saturated carbocycles. The van der Waals surface area contributed by atoms with Crippen LogP contribution in [-0.4, -0.2) is 29.3 Å². The van der Waals surface area contributed by atoms with E-state index in [9.17, 15) is 18.8 Å². The molecule has 1 heterocycles. The Morgan fingerprint density at radius 1 is 1.08 bits per heavy atom. The molecule has 0 atom stereocenters. The van der Waals surface area contributed by atoms with Crippen LogP contribution in [0, 0.1) is 19.9 Å². The van der Waals surface area contributed by atoms with Gasteiger partial charge in [-0.15, -0.1) is 0 Å². The van der Waals surface area contributed by atoms with Crippen LogP contribution in [0.5, 0.6) is 5.75 Å². The first-order valence-corrected chi connectivity index (χ1v) is 12.9. The van der Waals surface area contributed by atoms with Gasteiger partial charge in [0.1, 0.15) is 30.4 Å². The number of imide groups is 1. The Morgan fingerprint density at radius 3 is 2.50 bits per heavy atom. The van der Waals surface area contributed by atoms with Gasteiger partial charge in [0.15, 0.2) is 0 Å². The third-order valence-electron chi connectivity index (χ3n) is 5.17. The molecule has 2 N–H and O–H groups in total. The highest BCUT2D eigenvalue weighted by Crippen LogP contribution is 2.31. The lowest BCUT2D eigenvalue weighted by atomic mass is 10.2. The van der Waals surface area contributed by atoms with Gasteiger partial charge in [-0.3, -0.25) is 9.59 Å². The first-order chi connectivity index (χ1) is 17.2. The lowest BCUT2D eigenvalue weighted by molar-refractivity contribution is -0.127. The van der Waals surface area contributed by atoms with Crippen LogP contribution < -0.4 is 15.4 Å². The third-order valence-corrected chi connectivity index (χ3v) is 6.77. The number of amides is 4. The molecule has 10 heteroatoms. The molecule has 0 aliphatic carbocycles. The van der Waals surface area contributed by atoms with Gasteiger partial charge < -0.3 is 15.4 Å². The van der Waals surface area contributed by atoms with Crippen molar-refractivity contribution in [2.45, 2.75) is 13.5 Å². The van der Waals surface area contributed by atoms with Gasteiger partial charge in [-0.1, -0.05) is 24.3 Å². The summed E-state index contributed by atoms with van der Waals surface area (Å²) in [5, 5.41) is 5.23. The average molecular weight is 711 g/mol. The molecule has 36 heavy (non-hydrogen) atoms. The number of rotatable bonds is 7. The number of carbonyl (C=O) groups is 3. The number of hydrogen-bond donors (Lipinski definition) is 2. The van der Waals surface area contributed by atoms with Crippen molar-refractivity contribution >= 4 is 74.8 Å². The first kappa shape index (κ1) is 26.1. The highest BCUT2D eigenvalue weighted by Gasteiger charge is 2.35. The number of urea groups is 1. The lowest BCUT2D eigenvalue weighted by Crippen LogP contribution is -2.38. The maximum absolute atomic E-state index is 13.4. The van der Waals surface area contributed by atoms with E-state index in [1.807, 2.05) is 25.1 Å². The number of nitrogens with one attached hydrogen (secondary N) is 2. The molecule has 0 spiro atoms. The maximum Gasteiger partial charge on any atom is 0.329 e. The molecule has 1 aliphatic rings. The summed E-state index contributed by atoms with van der Waals surface area (Å²) >= 11 is 4.24. The number of aryl methyl sites for hydroxylation is 1. The summed E-state index contributed by atoms with van der Waals surface area (Å²) in [5.74, 6) is -0.753. The predicted octanol–water partition coefficient (Wildman–Crippen LogP) is 5.45. The zero-order valence-corrected chi connectivity index (χ0v) is 23.3. The Hall–Kier alpha value is -3.00. The minimum atomic E-state index is -0.662. The number of hydrogen-bond acceptors (Lipinski definition) is 4. The molecule has 184 valence electrons. The van der Waals surface area contributed by atoms with E-state index in [1.165, 1.54) is 12.1 Å². The highest BCUT2D eigenvalue weighted by atomic mass is 127. The number of halogens is 3. The van der Waals surface area contributed by atoms with E-state index < -0.39 is 24.4 Å². The second-order valence-electron chi connectivity index (χ2n) is 8.03. The SMILES string of the molecule is Cc1cccc(NC(=O)CN2C(=O)N/C(=C/c3cc(I)c(OCc4cccc(F)c4)c(I)c3)C2=O)c1. The summed E-state index contributed by atoms with van der Waals surface area (Å²) in [6, 6.07) is 16.4. The standard InChI is InChI=1S/C26H20FI2N3O4/c1-15-4-2-7-19(8-15)30-23(33)13-32-25(34)22(31-26(32)35)12-17-10-20(28)24(21(29)11-17)36-14-16-5-3-6-18(27)9-16/h2-12H,13-14H2,1H3,(H,30,33)(H,31,35)/b22-12+. The zero-order chi connectivity index (χ0) is 25.8. The molecule has 4 rings (SSSR count). The summed E-state index contributed by atoms with van der Waals surface area (Å²) in [6.07, 6.45) is 1.55. The minimum Gasteiger partial charge on any atom is -0.487 e. The molecule has 4 amide bonds. The summed E-state index contributed by atoms with van der Waals surface area (Å²) < 4.78 is 20.9. The van der Waals surface area contributed by atoms with Crippen molar-refractivity contribution in [2.24, 2.45) is 0 Å². The number of nitrogens with zero attached hydrogens (tertiary/aromatic N) is 1. The van der Waals surface area contributed by atoms with Gasteiger partial charge in [-0.25, -0.2) is 14.1 Å². The fourth-order valence-electron chi connectivity index (χ4n) is 3.53. The normalized spacial score (nSPS) is 14.2. The third kappa shape index (κ3) is 6.40. The molecule has 0 bridgehead atoms. The number of anilines is 1. The summed E-state index contributed by atoms with van der Waals surface area (Å²) in [4.78, 5) is 38.5. The molecule has 3 aromatic rings. The van der Waals surface area contributed by atoms with Crippen LogP contribution in [-0.2, 0) is 16.2 Å². The monoisotopic (exact) mass is 711 g/mol. The van der Waals surface area contributed by atoms with Gasteiger partial charge in [0.25, 0.3) is 5.91 Å². The Morgan fingerprint density at radius 2 is 1.81 bits per heavy atom. The van der Waals surface area contributed by atoms with Crippen molar-refractivity contribution in [1.82, 2.24) is 10.2 Å². The van der Waals surface area contributed by atoms with Crippen LogP contribution in [0.3, 0.4) is 0 Å². The fraction of sp³-hybridized carbons (Fsp3) is 0.115. The van der Waals surface area contributed by atoms with Crippen LogP contribution in [0.4, 0.5) is 14.9 Å². The number of ether oxygens (including phenoxy) is 1. The fourth-order valence-corrected chi connectivity index (χ4v) is 5.66. The molecule has 0 aromatic heterocycles. The van der Waals surface area contributed by atoms with E-state index in [0.29, 0.717) is 22.6 Å². The van der Waals surface area contributed by atoms with Crippen LogP contribution in [0.2, 0.25) is 0 Å². The van der Waals surface area contributed by atoms with E-state index >= 15 is 0 Å². The second-order valence-corrected chi connectivity index (χ2v) is 10.4. The van der Waals surface area contributed by atoms with Crippen molar-refractivity contribution in [2.75, 3.05) is 11.9 Å². The van der Waals surface area contributed by atoms with E-state index in [2.05, 4.69) is 55.8 Å². The van der Waals surface area contributed by atoms with Crippen LogP contribution >= 0.6 is 45.2 Å². The van der Waals surface area contributed by atoms with E-state index in [-0.39, 0.29) is 18.1 Å². The van der Waals surface area contributed by atoms with Crippen molar-refractivity contribution < 1.29 is 23.5 Å². The van der Waals surface area contributed by atoms with Gasteiger partial charge >= 0.3 is 6.03 Å². The van der Waals surface area contributed by atoms with Crippen molar-refractivity contribution in [3.05, 3.63) is 96.0 Å². The zero-order valence-electron chi connectivity index (χ0n) is 19.0. The van der Waals surface area contributed by atoms with Crippen molar-refractivity contribution in [3.63, 3.8) is 0 Å². The molecule has 0 radical (unpaired) electrons. The Kier molecular flexibility index (Phi) is 8.24. The molecule has 7 nitrogen and oxygen atoms in total. The lowest BCUT2D eigenvalue weighted by Gasteiger charge is -2.12. The molecular formula is C26H20FI2N3O4. The van der Waals surface area contributed by atoms with Gasteiger partial charge in [0.2, 0.25) is 5.91 Å². The van der Waals surface area contributed by atoms with Crippen molar-refractivity contribution in [3.8, 4) is 5.75 Å². The second kappa shape index (κ2) is 11.4. The number of benzene rings is 3. The number of carbonyl (C=O) groups excluding carboxylic acids is 3. The van der Waals surface area contributed by atoms with Gasteiger partial charge in [0, 0.05) is 5.69 Å². The maximum atomic E-state index is 13.4. The molecule has 1 fully saturated rings. The summed E-state index contributed by atoms with van der Waals surface area (Å²) in [6.45, 7) is 1.70. The largest absolute Gasteiger partial charge is 0.487 e. The molecular weight excluding hydrogens is 691 g/mol. The van der Waals surface area contributed by atoms with Gasteiger partial charge in [-0.05, 0) is 111 Å². The Balaban J connectivity index is 1.44. The summed E-state index contributed by atoms with van der Waals surface area (Å²) in [7, 11) is 0. The average Bonchev–Trinajstić information content (AvgIpc) is 3.06. The molecule has 1 aliphatic heterocycles. The predicted molar refractivity (Wildman–Crippen MR) is 151 cm³/mol. The summed E-state index contributed by atoms with van der Waals surface area (Å²) in [5.41, 5.74) is 3.02. The quantitative estimate of drug-likeness (QED) is 0.194. The molecule has 0 unspecified atom stereocenters. The Labute approximate surface area is 234 Å². The first-order valence-electron chi connectivity index (χ1n) is 10.8. The molecule has 1 saturated heterocycles. The molecule has 3 aromatic carbocycles. The topological polar surface area (TPSA) is 87.7 Å². The van der Waals surface area contributed by atoms with Gasteiger partial charge in [-0.2, -0.15) is 0 Å². The van der Waals surface area contributed by atoms with Gasteiger partial charge in [0.05, 0.1) is 7.14 Å². The van der Waals surface area contributed by atoms with Crippen LogP contribution in [0.15, 0.2) is 66.4 Å². The van der Waals surface area contributed by atoms with E-state index in [0.717, 1.165) is 17.6 Å². The minimum absolute atomic E-state index is 0.0726. The highest BCUT2D eigenvalue weighted by molar-refractivity contribution is 14.1.